The summed E-state index contributed by atoms with van der Waals surface area (Å²) in [6.07, 6.45) is 1.68. The van der Waals surface area contributed by atoms with Crippen molar-refractivity contribution in [3.8, 4) is 0 Å². The van der Waals surface area contributed by atoms with E-state index >= 15 is 0 Å². The molecule has 0 aliphatic carbocycles. The summed E-state index contributed by atoms with van der Waals surface area (Å²) in [5.74, 6) is 0.515. The molecule has 0 aliphatic heterocycles. The van der Waals surface area contributed by atoms with Gasteiger partial charge < -0.3 is 10.1 Å². The van der Waals surface area contributed by atoms with Gasteiger partial charge in [0.1, 0.15) is 5.03 Å². The number of nitrogens with one attached hydrogen (secondary N) is 1. The number of hydrogen-bond acceptors (Lipinski definition) is 4. The normalized spacial score (nSPS) is 10.5. The van der Waals surface area contributed by atoms with E-state index in [0.717, 1.165) is 10.6 Å². The number of methoxy groups -OCH3 is 1. The van der Waals surface area contributed by atoms with E-state index in [1.54, 1.807) is 25.4 Å². The fraction of sp³-hybridized carbons (Fsp3) is 0.250. The molecule has 1 aromatic carbocycles. The van der Waals surface area contributed by atoms with Crippen LogP contribution < -0.4 is 5.32 Å². The predicted molar refractivity (Wildman–Crippen MR) is 89.5 cm³/mol. The van der Waals surface area contributed by atoms with Gasteiger partial charge in [-0.25, -0.2) is 4.98 Å². The van der Waals surface area contributed by atoms with Gasteiger partial charge in [-0.3, -0.25) is 4.79 Å². The third-order valence-electron chi connectivity index (χ3n) is 2.93. The molecular weight excluding hydrogens is 320 g/mol. The van der Waals surface area contributed by atoms with Crippen molar-refractivity contribution in [3.05, 3.63) is 58.7 Å². The number of ether oxygens (including phenoxy) is 1. The maximum absolute atomic E-state index is 12.2. The van der Waals surface area contributed by atoms with Crippen LogP contribution in [0.25, 0.3) is 0 Å². The number of benzene rings is 1. The summed E-state index contributed by atoms with van der Waals surface area (Å²) in [6.45, 7) is 0.951. The topological polar surface area (TPSA) is 51.2 Å². The predicted octanol–water partition coefficient (Wildman–Crippen LogP) is 3.40. The highest BCUT2D eigenvalue weighted by Crippen LogP contribution is 2.27. The Morgan fingerprint density at radius 3 is 2.91 bits per heavy atom. The molecule has 0 atom stereocenters. The lowest BCUT2D eigenvalue weighted by molar-refractivity contribution is 0.0933. The van der Waals surface area contributed by atoms with Crippen molar-refractivity contribution in [2.75, 3.05) is 20.3 Å². The lowest BCUT2D eigenvalue weighted by Gasteiger charge is -2.09. The van der Waals surface area contributed by atoms with Crippen LogP contribution in [0.4, 0.5) is 0 Å². The molecule has 1 N–H and O–H groups in total. The Labute approximate surface area is 139 Å². The quantitative estimate of drug-likeness (QED) is 0.622. The van der Waals surface area contributed by atoms with Gasteiger partial charge >= 0.3 is 0 Å². The van der Waals surface area contributed by atoms with Crippen LogP contribution in [0.5, 0.6) is 0 Å². The van der Waals surface area contributed by atoms with Crippen molar-refractivity contribution in [2.24, 2.45) is 0 Å². The summed E-state index contributed by atoms with van der Waals surface area (Å²) in [5.41, 5.74) is 1.58. The van der Waals surface area contributed by atoms with E-state index in [1.807, 2.05) is 24.3 Å². The highest BCUT2D eigenvalue weighted by atomic mass is 35.5. The first kappa shape index (κ1) is 16.8. The first-order valence-electron chi connectivity index (χ1n) is 6.80. The van der Waals surface area contributed by atoms with Gasteiger partial charge in [-0.05, 0) is 23.8 Å². The molecule has 0 radical (unpaired) electrons. The summed E-state index contributed by atoms with van der Waals surface area (Å²) >= 11 is 7.64. The number of pyridine rings is 1. The molecule has 0 aliphatic rings. The standard InChI is InChI=1S/C16H17ClN2O2S/c1-21-10-9-18-15(20)13-6-4-8-19-16(13)22-11-12-5-2-3-7-14(12)17/h2-8H,9-11H2,1H3,(H,18,20). The second-order valence-corrected chi connectivity index (χ2v) is 5.86. The van der Waals surface area contributed by atoms with Crippen molar-refractivity contribution in [1.82, 2.24) is 10.3 Å². The van der Waals surface area contributed by atoms with Gasteiger partial charge in [0.25, 0.3) is 5.91 Å². The van der Waals surface area contributed by atoms with Crippen LogP contribution in [0.15, 0.2) is 47.6 Å². The van der Waals surface area contributed by atoms with Gasteiger partial charge in [0.15, 0.2) is 0 Å². The molecule has 116 valence electrons. The number of nitrogens with zero attached hydrogens (tertiary/aromatic N) is 1. The molecule has 6 heteroatoms. The minimum absolute atomic E-state index is 0.146. The zero-order valence-corrected chi connectivity index (χ0v) is 13.8. The summed E-state index contributed by atoms with van der Waals surface area (Å²) in [6, 6.07) is 11.2. The van der Waals surface area contributed by atoms with E-state index in [-0.39, 0.29) is 5.91 Å². The fourth-order valence-corrected chi connectivity index (χ4v) is 3.08. The van der Waals surface area contributed by atoms with Crippen molar-refractivity contribution in [1.29, 1.82) is 0 Å². The minimum atomic E-state index is -0.146. The molecule has 0 spiro atoms. The molecule has 1 amide bonds. The lowest BCUT2D eigenvalue weighted by atomic mass is 10.2. The Kier molecular flexibility index (Phi) is 6.71. The molecule has 0 saturated heterocycles. The number of carbonyl (C=O) groups excluding carboxylic acids is 1. The third kappa shape index (κ3) is 4.73. The minimum Gasteiger partial charge on any atom is -0.383 e. The highest BCUT2D eigenvalue weighted by Gasteiger charge is 2.12. The molecule has 0 unspecified atom stereocenters. The number of amides is 1. The molecular formula is C16H17ClN2O2S. The Hall–Kier alpha value is -1.56. The smallest absolute Gasteiger partial charge is 0.254 e. The summed E-state index contributed by atoms with van der Waals surface area (Å²) in [7, 11) is 1.60. The van der Waals surface area contributed by atoms with Crippen LogP contribution in [0.3, 0.4) is 0 Å². The van der Waals surface area contributed by atoms with Crippen LogP contribution in [0.1, 0.15) is 15.9 Å². The lowest BCUT2D eigenvalue weighted by Crippen LogP contribution is -2.27. The van der Waals surface area contributed by atoms with Crippen LogP contribution in [-0.2, 0) is 10.5 Å². The third-order valence-corrected chi connectivity index (χ3v) is 4.35. The second-order valence-electron chi connectivity index (χ2n) is 4.48. The Morgan fingerprint density at radius 1 is 1.32 bits per heavy atom. The van der Waals surface area contributed by atoms with Gasteiger partial charge in [0.2, 0.25) is 0 Å². The van der Waals surface area contributed by atoms with Gasteiger partial charge in [-0.2, -0.15) is 0 Å². The first-order valence-corrected chi connectivity index (χ1v) is 8.17. The molecule has 2 aromatic rings. The number of thioether (sulfide) groups is 1. The summed E-state index contributed by atoms with van der Waals surface area (Å²) in [5, 5.41) is 4.22. The van der Waals surface area contributed by atoms with Gasteiger partial charge in [0, 0.05) is 30.6 Å². The molecule has 2 rings (SSSR count). The molecule has 22 heavy (non-hydrogen) atoms. The summed E-state index contributed by atoms with van der Waals surface area (Å²) in [4.78, 5) is 16.5. The van der Waals surface area contributed by atoms with Crippen LogP contribution >= 0.6 is 23.4 Å². The van der Waals surface area contributed by atoms with E-state index < -0.39 is 0 Å². The highest BCUT2D eigenvalue weighted by molar-refractivity contribution is 7.98. The van der Waals surface area contributed by atoms with Gasteiger partial charge in [0.05, 0.1) is 12.2 Å². The molecule has 0 fully saturated rings. The molecule has 1 heterocycles. The van der Waals surface area contributed by atoms with Crippen LogP contribution in [0.2, 0.25) is 5.02 Å². The molecule has 4 nitrogen and oxygen atoms in total. The van der Waals surface area contributed by atoms with Crippen LogP contribution in [0, 0.1) is 0 Å². The Bertz CT molecular complexity index is 637. The number of aromatic nitrogens is 1. The van der Waals surface area contributed by atoms with E-state index in [4.69, 9.17) is 16.3 Å². The number of rotatable bonds is 7. The number of carbonyl (C=O) groups is 1. The Morgan fingerprint density at radius 2 is 2.14 bits per heavy atom. The zero-order valence-electron chi connectivity index (χ0n) is 12.2. The van der Waals surface area contributed by atoms with E-state index in [1.165, 1.54) is 11.8 Å². The average Bonchev–Trinajstić information content (AvgIpc) is 2.54. The fourth-order valence-electron chi connectivity index (χ4n) is 1.80. The average molecular weight is 337 g/mol. The molecule has 0 bridgehead atoms. The Balaban J connectivity index is 2.05. The molecule has 0 saturated carbocycles. The SMILES string of the molecule is COCCNC(=O)c1cccnc1SCc1ccccc1Cl. The number of halogens is 1. The number of hydrogen-bond donors (Lipinski definition) is 1. The second kappa shape index (κ2) is 8.78. The van der Waals surface area contributed by atoms with E-state index in [2.05, 4.69) is 10.3 Å². The van der Waals surface area contributed by atoms with Crippen molar-refractivity contribution in [2.45, 2.75) is 10.8 Å². The van der Waals surface area contributed by atoms with Gasteiger partial charge in [-0.1, -0.05) is 29.8 Å². The first-order chi connectivity index (χ1) is 10.7. The van der Waals surface area contributed by atoms with Crippen LogP contribution in [-0.4, -0.2) is 31.2 Å². The van der Waals surface area contributed by atoms with Crippen molar-refractivity contribution in [3.63, 3.8) is 0 Å². The molecule has 1 aromatic heterocycles. The monoisotopic (exact) mass is 336 g/mol. The zero-order chi connectivity index (χ0) is 15.8. The van der Waals surface area contributed by atoms with E-state index in [0.29, 0.717) is 29.5 Å². The van der Waals surface area contributed by atoms with E-state index in [9.17, 15) is 4.79 Å². The maximum Gasteiger partial charge on any atom is 0.254 e. The van der Waals surface area contributed by atoms with Gasteiger partial charge in [-0.15, -0.1) is 11.8 Å². The maximum atomic E-state index is 12.2. The largest absolute Gasteiger partial charge is 0.383 e. The van der Waals surface area contributed by atoms with Crippen molar-refractivity contribution >= 4 is 29.3 Å². The van der Waals surface area contributed by atoms with Crippen molar-refractivity contribution < 1.29 is 9.53 Å². The summed E-state index contributed by atoms with van der Waals surface area (Å²) < 4.78 is 4.93.